The van der Waals surface area contributed by atoms with Crippen molar-refractivity contribution in [2.75, 3.05) is 0 Å². The second-order valence-corrected chi connectivity index (χ2v) is 3.73. The molecule has 0 radical (unpaired) electrons. The van der Waals surface area contributed by atoms with Gasteiger partial charge in [-0.05, 0) is 0 Å². The summed E-state index contributed by atoms with van der Waals surface area (Å²) in [6.45, 7) is 0. The van der Waals surface area contributed by atoms with Crippen molar-refractivity contribution >= 4 is 24.2 Å². The fourth-order valence-electron chi connectivity index (χ4n) is 1.76. The molecule has 0 aliphatic carbocycles. The van der Waals surface area contributed by atoms with E-state index in [4.69, 9.17) is 9.68 Å². The number of hydrogen-bond acceptors (Lipinski definition) is 6. The second-order valence-electron chi connectivity index (χ2n) is 3.73. The lowest BCUT2D eigenvalue weighted by Crippen LogP contribution is -2.74. The minimum atomic E-state index is -1.42. The summed E-state index contributed by atoms with van der Waals surface area (Å²) in [5, 5.41) is 11.9. The Hall–Kier alpha value is -2.12. The third-order valence-corrected chi connectivity index (χ3v) is 2.69. The minimum absolute atomic E-state index is 0.196. The van der Waals surface area contributed by atoms with E-state index in [2.05, 4.69) is 20.9 Å². The third kappa shape index (κ3) is 0.980. The molecule has 8 heteroatoms. The maximum absolute atomic E-state index is 11.9. The number of amides is 2. The summed E-state index contributed by atoms with van der Waals surface area (Å²) in [5.41, 5.74) is -2.84. The lowest BCUT2D eigenvalue weighted by Gasteiger charge is -2.38. The fourth-order valence-corrected chi connectivity index (χ4v) is 1.76. The van der Waals surface area contributed by atoms with Gasteiger partial charge in [-0.1, -0.05) is 10.3 Å². The molecule has 1 saturated heterocycles. The Bertz CT molecular complexity index is 374. The van der Waals surface area contributed by atoms with Gasteiger partial charge in [-0.2, -0.15) is 0 Å². The number of oxime groups is 2. The van der Waals surface area contributed by atoms with Gasteiger partial charge in [-0.15, -0.1) is 0 Å². The molecule has 16 heavy (non-hydrogen) atoms. The minimum Gasteiger partial charge on any atom is -0.357 e. The van der Waals surface area contributed by atoms with E-state index in [-0.39, 0.29) is 12.8 Å². The second kappa shape index (κ2) is 2.71. The summed E-state index contributed by atoms with van der Waals surface area (Å²) in [6.07, 6.45) is 3.23. The van der Waals surface area contributed by atoms with Crippen LogP contribution >= 0.6 is 0 Å². The molecule has 3 aliphatic heterocycles. The lowest BCUT2D eigenvalue weighted by atomic mass is 10.0. The topological polar surface area (TPSA) is 101 Å². The Labute approximate surface area is 89.6 Å². The number of rotatable bonds is 0. The number of nitrogens with zero attached hydrogens (tertiary/aromatic N) is 2. The molecule has 1 fully saturated rings. The highest BCUT2D eigenvalue weighted by Crippen LogP contribution is 2.28. The summed E-state index contributed by atoms with van der Waals surface area (Å²) in [5.74, 6) is -0.981. The number of piperazine rings is 1. The first kappa shape index (κ1) is 9.13. The molecule has 0 saturated carbocycles. The van der Waals surface area contributed by atoms with Crippen molar-refractivity contribution in [2.24, 2.45) is 10.3 Å². The van der Waals surface area contributed by atoms with Gasteiger partial charge in [0, 0.05) is 0 Å². The summed E-state index contributed by atoms with van der Waals surface area (Å²) >= 11 is 0. The van der Waals surface area contributed by atoms with Crippen molar-refractivity contribution in [1.82, 2.24) is 10.6 Å². The van der Waals surface area contributed by atoms with Crippen LogP contribution in [0, 0.1) is 0 Å². The van der Waals surface area contributed by atoms with E-state index in [0.717, 1.165) is 0 Å². The Kier molecular flexibility index (Phi) is 1.55. The van der Waals surface area contributed by atoms with Gasteiger partial charge in [-0.25, -0.2) is 0 Å². The van der Waals surface area contributed by atoms with Crippen LogP contribution in [-0.2, 0) is 19.3 Å². The molecule has 0 aromatic heterocycles. The molecule has 2 N–H and O–H groups in total. The quantitative estimate of drug-likeness (QED) is 0.519. The fraction of sp³-hybridized carbons (Fsp3) is 0.500. The monoisotopic (exact) mass is 224 g/mol. The van der Waals surface area contributed by atoms with Gasteiger partial charge >= 0.3 is 0 Å². The Balaban J connectivity index is 1.88. The molecule has 3 aliphatic rings. The van der Waals surface area contributed by atoms with Crippen LogP contribution in [0.1, 0.15) is 12.8 Å². The number of carbonyl (C=O) groups is 2. The van der Waals surface area contributed by atoms with Crippen molar-refractivity contribution in [2.45, 2.75) is 24.3 Å². The largest absolute Gasteiger partial charge is 0.357 e. The number of nitrogens with one attached hydrogen (secondary N) is 2. The van der Waals surface area contributed by atoms with Gasteiger partial charge in [0.05, 0.1) is 25.3 Å². The van der Waals surface area contributed by atoms with Crippen LogP contribution in [0.15, 0.2) is 10.3 Å². The van der Waals surface area contributed by atoms with Crippen molar-refractivity contribution in [3.8, 4) is 0 Å². The van der Waals surface area contributed by atoms with Crippen molar-refractivity contribution in [3.63, 3.8) is 0 Å². The Morgan fingerprint density at radius 1 is 1.00 bits per heavy atom. The van der Waals surface area contributed by atoms with Crippen LogP contribution < -0.4 is 10.6 Å². The highest BCUT2D eigenvalue weighted by Gasteiger charge is 2.59. The van der Waals surface area contributed by atoms with Crippen LogP contribution in [-0.4, -0.2) is 35.7 Å². The van der Waals surface area contributed by atoms with Crippen LogP contribution in [0.3, 0.4) is 0 Å². The zero-order chi connectivity index (χ0) is 11.2. The SMILES string of the molecule is O=C1NC2(CC=NO2)C(=O)NC12CC=NO2. The first-order valence-electron chi connectivity index (χ1n) is 4.72. The van der Waals surface area contributed by atoms with E-state index in [1.54, 1.807) is 0 Å². The molecule has 2 amide bonds. The molecule has 0 aromatic carbocycles. The highest BCUT2D eigenvalue weighted by molar-refractivity contribution is 6.03. The van der Waals surface area contributed by atoms with E-state index in [1.807, 2.05) is 0 Å². The molecule has 2 unspecified atom stereocenters. The van der Waals surface area contributed by atoms with Gasteiger partial charge in [0.25, 0.3) is 23.3 Å². The Morgan fingerprint density at radius 3 is 1.75 bits per heavy atom. The summed E-state index contributed by atoms with van der Waals surface area (Å²) < 4.78 is 0. The molecule has 3 rings (SSSR count). The van der Waals surface area contributed by atoms with Crippen LogP contribution in [0.5, 0.6) is 0 Å². The molecule has 84 valence electrons. The van der Waals surface area contributed by atoms with Crippen LogP contribution in [0.4, 0.5) is 0 Å². The first-order valence-corrected chi connectivity index (χ1v) is 4.72. The van der Waals surface area contributed by atoms with Crippen molar-refractivity contribution in [3.05, 3.63) is 0 Å². The summed E-state index contributed by atoms with van der Waals surface area (Å²) in [4.78, 5) is 33.5. The van der Waals surface area contributed by atoms with Crippen molar-refractivity contribution < 1.29 is 19.3 Å². The van der Waals surface area contributed by atoms with Crippen molar-refractivity contribution in [1.29, 1.82) is 0 Å². The molecular formula is C8H8N4O4. The smallest absolute Gasteiger partial charge is 0.293 e. The van der Waals surface area contributed by atoms with E-state index in [1.165, 1.54) is 12.4 Å². The first-order chi connectivity index (χ1) is 7.67. The predicted molar refractivity (Wildman–Crippen MR) is 50.1 cm³/mol. The number of carbonyl (C=O) groups excluding carboxylic acids is 2. The van der Waals surface area contributed by atoms with E-state index in [0.29, 0.717) is 0 Å². The molecule has 2 spiro atoms. The third-order valence-electron chi connectivity index (χ3n) is 2.69. The standard InChI is InChI=1S/C8H8N4O4/c13-5-7(1-3-9-15-7)11-6(14)8(12-5)2-4-10-16-8/h3-4H,1-2H2,(H,11,14)(H,12,13). The molecule has 0 bridgehead atoms. The molecule has 2 atom stereocenters. The maximum Gasteiger partial charge on any atom is 0.293 e. The molecule has 3 heterocycles. The van der Waals surface area contributed by atoms with Gasteiger partial charge in [-0.3, -0.25) is 9.59 Å². The molecular weight excluding hydrogens is 216 g/mol. The van der Waals surface area contributed by atoms with E-state index in [9.17, 15) is 9.59 Å². The van der Waals surface area contributed by atoms with Crippen LogP contribution in [0.25, 0.3) is 0 Å². The summed E-state index contributed by atoms with van der Waals surface area (Å²) in [7, 11) is 0. The van der Waals surface area contributed by atoms with E-state index >= 15 is 0 Å². The summed E-state index contributed by atoms with van der Waals surface area (Å²) in [6, 6.07) is 0. The van der Waals surface area contributed by atoms with Crippen LogP contribution in [0.2, 0.25) is 0 Å². The molecule has 8 nitrogen and oxygen atoms in total. The predicted octanol–water partition coefficient (Wildman–Crippen LogP) is -1.56. The lowest BCUT2D eigenvalue weighted by molar-refractivity contribution is -0.184. The molecule has 0 aromatic rings. The average molecular weight is 224 g/mol. The average Bonchev–Trinajstić information content (AvgIpc) is 2.86. The van der Waals surface area contributed by atoms with Gasteiger partial charge < -0.3 is 20.3 Å². The number of hydrogen-bond donors (Lipinski definition) is 2. The van der Waals surface area contributed by atoms with Gasteiger partial charge in [0.1, 0.15) is 0 Å². The van der Waals surface area contributed by atoms with Gasteiger partial charge in [0.15, 0.2) is 0 Å². The highest BCUT2D eigenvalue weighted by atomic mass is 16.7. The zero-order valence-corrected chi connectivity index (χ0v) is 8.10. The maximum atomic E-state index is 11.9. The van der Waals surface area contributed by atoms with E-state index < -0.39 is 23.3 Å². The van der Waals surface area contributed by atoms with Gasteiger partial charge in [0.2, 0.25) is 0 Å². The normalized spacial score (nSPS) is 39.8. The zero-order valence-electron chi connectivity index (χ0n) is 8.10. The Morgan fingerprint density at radius 2 is 1.44 bits per heavy atom.